The van der Waals surface area contributed by atoms with Gasteiger partial charge in [0.05, 0.1) is 6.42 Å². The molecule has 1 aliphatic rings. The van der Waals surface area contributed by atoms with Gasteiger partial charge in [-0.3, -0.25) is 4.79 Å². The molecule has 1 aromatic rings. The van der Waals surface area contributed by atoms with E-state index in [0.717, 1.165) is 0 Å². The summed E-state index contributed by atoms with van der Waals surface area (Å²) in [4.78, 5) is 11.8. The van der Waals surface area contributed by atoms with Gasteiger partial charge in [0.1, 0.15) is 5.82 Å². The van der Waals surface area contributed by atoms with E-state index in [4.69, 9.17) is 11.6 Å². The van der Waals surface area contributed by atoms with Crippen LogP contribution in [-0.4, -0.2) is 17.9 Å². The SMILES string of the molecule is O=C(Cc1c(F)cccc1Cl)NC1CCC(F)(F)CC1. The predicted molar refractivity (Wildman–Crippen MR) is 70.5 cm³/mol. The van der Waals surface area contributed by atoms with E-state index in [-0.39, 0.29) is 48.7 Å². The monoisotopic (exact) mass is 305 g/mol. The molecular weight excluding hydrogens is 291 g/mol. The van der Waals surface area contributed by atoms with Crippen LogP contribution < -0.4 is 5.32 Å². The lowest BCUT2D eigenvalue weighted by Gasteiger charge is -2.28. The first kappa shape index (κ1) is 15.2. The van der Waals surface area contributed by atoms with Crippen LogP contribution in [0.25, 0.3) is 0 Å². The van der Waals surface area contributed by atoms with Crippen LogP contribution in [0.1, 0.15) is 31.2 Å². The Morgan fingerprint density at radius 2 is 2.00 bits per heavy atom. The summed E-state index contributed by atoms with van der Waals surface area (Å²) in [5.41, 5.74) is 0.132. The van der Waals surface area contributed by atoms with Gasteiger partial charge in [0.15, 0.2) is 0 Å². The molecule has 1 saturated carbocycles. The number of carbonyl (C=O) groups is 1. The van der Waals surface area contributed by atoms with Crippen LogP contribution in [0.15, 0.2) is 18.2 Å². The van der Waals surface area contributed by atoms with Crippen LogP contribution in [-0.2, 0) is 11.2 Å². The van der Waals surface area contributed by atoms with Gasteiger partial charge >= 0.3 is 0 Å². The fraction of sp³-hybridized carbons (Fsp3) is 0.500. The van der Waals surface area contributed by atoms with Crippen molar-refractivity contribution in [2.45, 2.75) is 44.1 Å². The Balaban J connectivity index is 1.90. The molecule has 1 aromatic carbocycles. The van der Waals surface area contributed by atoms with E-state index in [2.05, 4.69) is 5.32 Å². The lowest BCUT2D eigenvalue weighted by atomic mass is 9.92. The summed E-state index contributed by atoms with van der Waals surface area (Å²) in [6, 6.07) is 3.93. The van der Waals surface area contributed by atoms with Gasteiger partial charge < -0.3 is 5.32 Å². The minimum Gasteiger partial charge on any atom is -0.353 e. The second-order valence-corrected chi connectivity index (χ2v) is 5.48. The highest BCUT2D eigenvalue weighted by molar-refractivity contribution is 6.31. The third-order valence-electron chi connectivity index (χ3n) is 3.48. The minimum absolute atomic E-state index is 0.132. The molecule has 1 amide bonds. The van der Waals surface area contributed by atoms with Crippen molar-refractivity contribution in [2.75, 3.05) is 0 Å². The van der Waals surface area contributed by atoms with Gasteiger partial charge in [-0.15, -0.1) is 0 Å². The van der Waals surface area contributed by atoms with E-state index in [0.29, 0.717) is 0 Å². The molecule has 0 spiro atoms. The lowest BCUT2D eigenvalue weighted by molar-refractivity contribution is -0.122. The van der Waals surface area contributed by atoms with Gasteiger partial charge in [-0.05, 0) is 25.0 Å². The van der Waals surface area contributed by atoms with Gasteiger partial charge in [0.25, 0.3) is 0 Å². The smallest absolute Gasteiger partial charge is 0.248 e. The molecule has 2 nitrogen and oxygen atoms in total. The van der Waals surface area contributed by atoms with Crippen molar-refractivity contribution >= 4 is 17.5 Å². The maximum Gasteiger partial charge on any atom is 0.248 e. The number of amides is 1. The number of benzene rings is 1. The van der Waals surface area contributed by atoms with E-state index in [1.165, 1.54) is 18.2 Å². The molecule has 0 radical (unpaired) electrons. The zero-order valence-corrected chi connectivity index (χ0v) is 11.5. The van der Waals surface area contributed by atoms with Gasteiger partial charge in [-0.25, -0.2) is 13.2 Å². The molecule has 0 aliphatic heterocycles. The first-order chi connectivity index (χ1) is 9.37. The molecule has 0 saturated heterocycles. The third-order valence-corrected chi connectivity index (χ3v) is 3.84. The zero-order chi connectivity index (χ0) is 14.8. The van der Waals surface area contributed by atoms with Gasteiger partial charge in [0, 0.05) is 29.5 Å². The molecule has 6 heteroatoms. The van der Waals surface area contributed by atoms with Crippen LogP contribution in [0.5, 0.6) is 0 Å². The molecule has 2 rings (SSSR count). The van der Waals surface area contributed by atoms with Gasteiger partial charge in [-0.1, -0.05) is 17.7 Å². The Hall–Kier alpha value is -1.23. The van der Waals surface area contributed by atoms with Crippen molar-refractivity contribution in [3.05, 3.63) is 34.6 Å². The molecule has 0 unspecified atom stereocenters. The molecule has 1 fully saturated rings. The van der Waals surface area contributed by atoms with Crippen LogP contribution in [0.3, 0.4) is 0 Å². The minimum atomic E-state index is -2.63. The number of nitrogens with one attached hydrogen (secondary N) is 1. The van der Waals surface area contributed by atoms with Crippen molar-refractivity contribution in [3.8, 4) is 0 Å². The van der Waals surface area contributed by atoms with Crippen molar-refractivity contribution in [3.63, 3.8) is 0 Å². The Kier molecular flexibility index (Phi) is 4.58. The van der Waals surface area contributed by atoms with E-state index < -0.39 is 17.6 Å². The normalized spacial score (nSPS) is 18.8. The van der Waals surface area contributed by atoms with E-state index in [1.807, 2.05) is 0 Å². The topological polar surface area (TPSA) is 29.1 Å². The second-order valence-electron chi connectivity index (χ2n) is 5.07. The van der Waals surface area contributed by atoms with Crippen LogP contribution >= 0.6 is 11.6 Å². The van der Waals surface area contributed by atoms with Crippen molar-refractivity contribution in [1.82, 2.24) is 5.32 Å². The maximum absolute atomic E-state index is 13.5. The molecule has 0 bridgehead atoms. The number of halogens is 4. The highest BCUT2D eigenvalue weighted by Gasteiger charge is 2.35. The highest BCUT2D eigenvalue weighted by Crippen LogP contribution is 2.33. The molecule has 0 aromatic heterocycles. The van der Waals surface area contributed by atoms with Gasteiger partial charge in [0.2, 0.25) is 11.8 Å². The van der Waals surface area contributed by atoms with Crippen LogP contribution in [0, 0.1) is 5.82 Å². The summed E-state index contributed by atoms with van der Waals surface area (Å²) in [6.07, 6.45) is -0.150. The third kappa shape index (κ3) is 3.88. The number of hydrogen-bond acceptors (Lipinski definition) is 1. The quantitative estimate of drug-likeness (QED) is 0.906. The fourth-order valence-electron chi connectivity index (χ4n) is 2.32. The molecule has 110 valence electrons. The lowest BCUT2D eigenvalue weighted by Crippen LogP contribution is -2.41. The molecular formula is C14H15ClF3NO. The number of rotatable bonds is 3. The van der Waals surface area contributed by atoms with E-state index >= 15 is 0 Å². The standard InChI is InChI=1S/C14H15ClF3NO/c15-11-2-1-3-12(16)10(11)8-13(20)19-9-4-6-14(17,18)7-5-9/h1-3,9H,4-8H2,(H,19,20). The second kappa shape index (κ2) is 6.04. The summed E-state index contributed by atoms with van der Waals surface area (Å²) < 4.78 is 39.5. The Morgan fingerprint density at radius 1 is 1.35 bits per heavy atom. The highest BCUT2D eigenvalue weighted by atomic mass is 35.5. The van der Waals surface area contributed by atoms with E-state index in [9.17, 15) is 18.0 Å². The Labute approximate surface area is 120 Å². The zero-order valence-electron chi connectivity index (χ0n) is 10.8. The van der Waals surface area contributed by atoms with Crippen molar-refractivity contribution < 1.29 is 18.0 Å². The van der Waals surface area contributed by atoms with Crippen molar-refractivity contribution in [1.29, 1.82) is 0 Å². The first-order valence-corrected chi connectivity index (χ1v) is 6.85. The summed E-state index contributed by atoms with van der Waals surface area (Å²) in [7, 11) is 0. The largest absolute Gasteiger partial charge is 0.353 e. The van der Waals surface area contributed by atoms with Crippen molar-refractivity contribution in [2.24, 2.45) is 0 Å². The van der Waals surface area contributed by atoms with Crippen LogP contribution in [0.4, 0.5) is 13.2 Å². The number of hydrogen-bond donors (Lipinski definition) is 1. The summed E-state index contributed by atoms with van der Waals surface area (Å²) in [5, 5.41) is 2.85. The molecule has 0 heterocycles. The Morgan fingerprint density at radius 3 is 2.60 bits per heavy atom. The van der Waals surface area contributed by atoms with Gasteiger partial charge in [-0.2, -0.15) is 0 Å². The van der Waals surface area contributed by atoms with E-state index in [1.54, 1.807) is 0 Å². The maximum atomic E-state index is 13.5. The Bertz CT molecular complexity index is 477. The number of alkyl halides is 2. The average molecular weight is 306 g/mol. The molecule has 20 heavy (non-hydrogen) atoms. The summed E-state index contributed by atoms with van der Waals surface area (Å²) in [5.74, 6) is -3.56. The van der Waals surface area contributed by atoms with Crippen LogP contribution in [0.2, 0.25) is 5.02 Å². The fourth-order valence-corrected chi connectivity index (χ4v) is 2.55. The first-order valence-electron chi connectivity index (χ1n) is 6.47. The molecule has 1 aliphatic carbocycles. The summed E-state index contributed by atoms with van der Waals surface area (Å²) >= 11 is 5.83. The average Bonchev–Trinajstić information content (AvgIpc) is 2.37. The molecule has 1 N–H and O–H groups in total. The molecule has 0 atom stereocenters. The predicted octanol–water partition coefficient (Wildman–Crippen LogP) is 3.72. The summed E-state index contributed by atoms with van der Waals surface area (Å²) in [6.45, 7) is 0. The number of carbonyl (C=O) groups excluding carboxylic acids is 1.